The van der Waals surface area contributed by atoms with Crippen LogP contribution in [0.15, 0.2) is 12.1 Å². The molecule has 1 fully saturated rings. The highest BCUT2D eigenvalue weighted by Crippen LogP contribution is 2.27. The summed E-state index contributed by atoms with van der Waals surface area (Å²) in [5.74, 6) is 0. The van der Waals surface area contributed by atoms with Gasteiger partial charge in [0.2, 0.25) is 0 Å². The van der Waals surface area contributed by atoms with E-state index in [4.69, 9.17) is 4.74 Å². The zero-order valence-corrected chi connectivity index (χ0v) is 9.16. The molecule has 0 aromatic carbocycles. The molecule has 2 rings (SSSR count). The average molecular weight is 247 g/mol. The predicted octanol–water partition coefficient (Wildman–Crippen LogP) is 1.54. The van der Waals surface area contributed by atoms with Gasteiger partial charge in [-0.1, -0.05) is 0 Å². The minimum atomic E-state index is -4.45. The van der Waals surface area contributed by atoms with Crippen LogP contribution in [-0.2, 0) is 10.9 Å². The molecule has 17 heavy (non-hydrogen) atoms. The van der Waals surface area contributed by atoms with Crippen molar-refractivity contribution >= 4 is 0 Å². The smallest absolute Gasteiger partial charge is 0.378 e. The van der Waals surface area contributed by atoms with Gasteiger partial charge in [0.15, 0.2) is 5.69 Å². The van der Waals surface area contributed by atoms with Crippen LogP contribution in [0.2, 0.25) is 0 Å². The van der Waals surface area contributed by atoms with Crippen molar-refractivity contribution in [2.75, 3.05) is 13.2 Å². The first-order valence-electron chi connectivity index (χ1n) is 5.21. The van der Waals surface area contributed by atoms with Gasteiger partial charge in [-0.3, -0.25) is 0 Å². The lowest BCUT2D eigenvalue weighted by Crippen LogP contribution is -2.42. The first kappa shape index (κ1) is 12.3. The van der Waals surface area contributed by atoms with Crippen LogP contribution in [0.5, 0.6) is 0 Å². The minimum Gasteiger partial charge on any atom is -0.378 e. The van der Waals surface area contributed by atoms with E-state index in [0.29, 0.717) is 18.9 Å². The first-order valence-corrected chi connectivity index (χ1v) is 5.21. The monoisotopic (exact) mass is 247 g/mol. The Balaban J connectivity index is 2.12. The zero-order valence-electron chi connectivity index (χ0n) is 9.16. The fourth-order valence-corrected chi connectivity index (χ4v) is 1.65. The summed E-state index contributed by atoms with van der Waals surface area (Å²) >= 11 is 0. The summed E-state index contributed by atoms with van der Waals surface area (Å²) in [6.07, 6.45) is -4.45. The quantitative estimate of drug-likeness (QED) is 0.817. The van der Waals surface area contributed by atoms with Crippen molar-refractivity contribution in [3.63, 3.8) is 0 Å². The van der Waals surface area contributed by atoms with E-state index in [-0.39, 0.29) is 12.1 Å². The number of halogens is 3. The van der Waals surface area contributed by atoms with E-state index >= 15 is 0 Å². The maximum absolute atomic E-state index is 12.3. The van der Waals surface area contributed by atoms with E-state index < -0.39 is 11.9 Å². The summed E-state index contributed by atoms with van der Waals surface area (Å²) in [4.78, 5) is 0. The molecule has 0 saturated carbocycles. The Morgan fingerprint density at radius 1 is 1.29 bits per heavy atom. The summed E-state index contributed by atoms with van der Waals surface area (Å²) in [5.41, 5.74) is -0.518. The first-order chi connectivity index (χ1) is 7.97. The number of morpholine rings is 1. The van der Waals surface area contributed by atoms with Crippen LogP contribution < -0.4 is 5.32 Å². The van der Waals surface area contributed by atoms with E-state index in [9.17, 15) is 13.2 Å². The third-order valence-corrected chi connectivity index (χ3v) is 2.47. The van der Waals surface area contributed by atoms with Gasteiger partial charge >= 0.3 is 6.18 Å². The molecule has 1 aliphatic rings. The van der Waals surface area contributed by atoms with Crippen LogP contribution in [0.3, 0.4) is 0 Å². The van der Waals surface area contributed by atoms with E-state index in [1.54, 1.807) is 0 Å². The number of rotatable bonds is 1. The Bertz CT molecular complexity index is 379. The lowest BCUT2D eigenvalue weighted by atomic mass is 10.1. The van der Waals surface area contributed by atoms with Gasteiger partial charge in [-0.05, 0) is 19.1 Å². The molecule has 2 heterocycles. The fourth-order valence-electron chi connectivity index (χ4n) is 1.65. The predicted molar refractivity (Wildman–Crippen MR) is 53.2 cm³/mol. The maximum atomic E-state index is 12.3. The highest BCUT2D eigenvalue weighted by atomic mass is 19.4. The zero-order chi connectivity index (χ0) is 12.5. The lowest BCUT2D eigenvalue weighted by Gasteiger charge is -2.28. The molecule has 1 N–H and O–H groups in total. The molecule has 0 spiro atoms. The van der Waals surface area contributed by atoms with Crippen LogP contribution in [0.4, 0.5) is 13.2 Å². The lowest BCUT2D eigenvalue weighted by molar-refractivity contribution is -0.141. The third kappa shape index (κ3) is 2.92. The number of hydrogen-bond acceptors (Lipinski definition) is 4. The molecule has 0 radical (unpaired) electrons. The van der Waals surface area contributed by atoms with Crippen LogP contribution in [-0.4, -0.2) is 29.5 Å². The van der Waals surface area contributed by atoms with Crippen LogP contribution in [0, 0.1) is 0 Å². The molecule has 0 bridgehead atoms. The Morgan fingerprint density at radius 2 is 2.06 bits per heavy atom. The molecule has 0 amide bonds. The molecule has 0 unspecified atom stereocenters. The molecule has 94 valence electrons. The molecular formula is C10H12F3N3O. The summed E-state index contributed by atoms with van der Waals surface area (Å²) in [5, 5.41) is 9.95. The van der Waals surface area contributed by atoms with Gasteiger partial charge in [-0.2, -0.15) is 18.3 Å². The van der Waals surface area contributed by atoms with Gasteiger partial charge in [0, 0.05) is 6.04 Å². The molecule has 0 aliphatic carbocycles. The Hall–Kier alpha value is -1.21. The summed E-state index contributed by atoms with van der Waals surface area (Å²) < 4.78 is 42.1. The molecule has 1 aliphatic heterocycles. The van der Waals surface area contributed by atoms with Crippen molar-refractivity contribution < 1.29 is 17.9 Å². The van der Waals surface area contributed by atoms with Gasteiger partial charge in [0.25, 0.3) is 0 Å². The normalized spacial score (nSPS) is 25.9. The molecule has 7 heteroatoms. The standard InChI is InChI=1S/C10H12F3N3O/c1-6-4-17-5-8(14-6)7-2-3-9(16-15-7)10(11,12)13/h2-3,6,8,14H,4-5H2,1H3/t6-,8-/m0/s1. The molecular weight excluding hydrogens is 235 g/mol. The highest BCUT2D eigenvalue weighted by Gasteiger charge is 2.33. The van der Waals surface area contributed by atoms with Gasteiger partial charge in [0.05, 0.1) is 24.9 Å². The summed E-state index contributed by atoms with van der Waals surface area (Å²) in [6.45, 7) is 2.92. The third-order valence-electron chi connectivity index (χ3n) is 2.47. The summed E-state index contributed by atoms with van der Waals surface area (Å²) in [7, 11) is 0. The topological polar surface area (TPSA) is 47.0 Å². The van der Waals surface area contributed by atoms with Crippen molar-refractivity contribution in [3.05, 3.63) is 23.5 Å². The SMILES string of the molecule is C[C@H]1COC[C@@H](c2ccc(C(F)(F)F)nn2)N1. The average Bonchev–Trinajstić information content (AvgIpc) is 2.28. The van der Waals surface area contributed by atoms with Crippen LogP contribution in [0.25, 0.3) is 0 Å². The molecule has 2 atom stereocenters. The van der Waals surface area contributed by atoms with E-state index in [2.05, 4.69) is 15.5 Å². The van der Waals surface area contributed by atoms with Crippen LogP contribution in [0.1, 0.15) is 24.4 Å². The summed E-state index contributed by atoms with van der Waals surface area (Å²) in [6, 6.07) is 2.21. The van der Waals surface area contributed by atoms with Crippen molar-refractivity contribution in [1.82, 2.24) is 15.5 Å². The van der Waals surface area contributed by atoms with E-state index in [1.165, 1.54) is 6.07 Å². The number of nitrogens with zero attached hydrogens (tertiary/aromatic N) is 2. The van der Waals surface area contributed by atoms with Crippen molar-refractivity contribution in [2.45, 2.75) is 25.2 Å². The van der Waals surface area contributed by atoms with Gasteiger partial charge in [-0.15, -0.1) is 5.10 Å². The molecule has 4 nitrogen and oxygen atoms in total. The van der Waals surface area contributed by atoms with Crippen molar-refractivity contribution in [1.29, 1.82) is 0 Å². The highest BCUT2D eigenvalue weighted by molar-refractivity contribution is 5.13. The van der Waals surface area contributed by atoms with Gasteiger partial charge in [0.1, 0.15) is 0 Å². The number of alkyl halides is 3. The van der Waals surface area contributed by atoms with Crippen molar-refractivity contribution in [3.8, 4) is 0 Å². The largest absolute Gasteiger partial charge is 0.435 e. The van der Waals surface area contributed by atoms with Crippen molar-refractivity contribution in [2.24, 2.45) is 0 Å². The number of nitrogens with one attached hydrogen (secondary N) is 1. The second-order valence-electron chi connectivity index (χ2n) is 4.00. The number of ether oxygens (including phenoxy) is 1. The maximum Gasteiger partial charge on any atom is 0.435 e. The Labute approximate surface area is 96.2 Å². The second-order valence-corrected chi connectivity index (χ2v) is 4.00. The number of aromatic nitrogens is 2. The molecule has 1 aromatic heterocycles. The Kier molecular flexibility index (Phi) is 3.30. The molecule has 1 aromatic rings. The minimum absolute atomic E-state index is 0.151. The molecule has 1 saturated heterocycles. The van der Waals surface area contributed by atoms with E-state index in [1.807, 2.05) is 6.92 Å². The second kappa shape index (κ2) is 4.58. The Morgan fingerprint density at radius 3 is 2.59 bits per heavy atom. The number of hydrogen-bond donors (Lipinski definition) is 1. The fraction of sp³-hybridized carbons (Fsp3) is 0.600. The van der Waals surface area contributed by atoms with Gasteiger partial charge < -0.3 is 10.1 Å². The van der Waals surface area contributed by atoms with E-state index in [0.717, 1.165) is 6.07 Å². The van der Waals surface area contributed by atoms with Gasteiger partial charge in [-0.25, -0.2) is 0 Å². The van der Waals surface area contributed by atoms with Crippen LogP contribution >= 0.6 is 0 Å².